The Morgan fingerprint density at radius 1 is 1.24 bits per heavy atom. The lowest BCUT2D eigenvalue weighted by Crippen LogP contribution is -2.14. The van der Waals surface area contributed by atoms with Gasteiger partial charge in [-0.05, 0) is 41.7 Å². The number of hydrogen-bond donors (Lipinski definition) is 0. The van der Waals surface area contributed by atoms with Crippen LogP contribution in [0.1, 0.15) is 25.5 Å². The van der Waals surface area contributed by atoms with Crippen molar-refractivity contribution in [2.45, 2.75) is 20.0 Å². The van der Waals surface area contributed by atoms with Crippen molar-refractivity contribution in [1.29, 1.82) is 5.26 Å². The molecule has 0 aromatic heterocycles. The number of carbonyl (C=O) groups is 1. The molecule has 0 N–H and O–H groups in total. The quantitative estimate of drug-likeness (QED) is 0.500. The van der Waals surface area contributed by atoms with Crippen molar-refractivity contribution in [3.8, 4) is 17.6 Å². The highest BCUT2D eigenvalue weighted by atomic mass is 35.5. The number of nitrogens with zero attached hydrogens (tertiary/aromatic N) is 1. The molecule has 1 saturated carbocycles. The second kappa shape index (κ2) is 8.44. The number of ether oxygens (including phenoxy) is 2. The predicted molar refractivity (Wildman–Crippen MR) is 108 cm³/mol. The zero-order valence-electron chi connectivity index (χ0n) is 15.7. The summed E-state index contributed by atoms with van der Waals surface area (Å²) in [5, 5.41) is 9.51. The highest BCUT2D eigenvalue weighted by molar-refractivity contribution is 6.55. The van der Waals surface area contributed by atoms with Crippen LogP contribution >= 0.6 is 23.2 Å². The molecule has 0 radical (unpaired) electrons. The number of para-hydroxylation sites is 1. The molecule has 1 aliphatic carbocycles. The Labute approximate surface area is 178 Å². The van der Waals surface area contributed by atoms with Crippen LogP contribution in [0.4, 0.5) is 4.39 Å². The van der Waals surface area contributed by atoms with Gasteiger partial charge in [0.05, 0.1) is 5.92 Å². The first-order chi connectivity index (χ1) is 13.7. The van der Waals surface area contributed by atoms with Crippen LogP contribution in [-0.4, -0.2) is 5.97 Å². The molecule has 2 aromatic carbocycles. The van der Waals surface area contributed by atoms with Crippen molar-refractivity contribution in [1.82, 2.24) is 0 Å². The molecule has 0 aliphatic heterocycles. The fourth-order valence-corrected chi connectivity index (χ4v) is 3.58. The number of esters is 1. The van der Waals surface area contributed by atoms with E-state index in [-0.39, 0.29) is 21.6 Å². The second-order valence-corrected chi connectivity index (χ2v) is 8.34. The molecule has 0 heterocycles. The van der Waals surface area contributed by atoms with E-state index in [4.69, 9.17) is 32.7 Å². The van der Waals surface area contributed by atoms with Crippen LogP contribution < -0.4 is 4.74 Å². The molecule has 1 aliphatic rings. The minimum absolute atomic E-state index is 0.0634. The van der Waals surface area contributed by atoms with Gasteiger partial charge in [0.1, 0.15) is 16.3 Å². The zero-order valence-corrected chi connectivity index (χ0v) is 17.2. The Bertz CT molecular complexity index is 981. The van der Waals surface area contributed by atoms with Crippen molar-refractivity contribution in [2.75, 3.05) is 0 Å². The predicted octanol–water partition coefficient (Wildman–Crippen LogP) is 6.32. The third-order valence-corrected chi connectivity index (χ3v) is 5.30. The van der Waals surface area contributed by atoms with E-state index >= 15 is 0 Å². The van der Waals surface area contributed by atoms with E-state index in [0.29, 0.717) is 11.3 Å². The molecule has 3 atom stereocenters. The standard InChI is InChI=1S/C22H18Cl2FNO3/c1-22(2)15(11-19(23)24)20(22)21(27)29-18(12-26)13-8-9-16(25)17(10-13)28-14-6-4-3-5-7-14/h3-11,15,18,20H,1-2H3/t15?,18-,20+/m0/s1. The van der Waals surface area contributed by atoms with Gasteiger partial charge in [0.25, 0.3) is 0 Å². The van der Waals surface area contributed by atoms with E-state index in [1.54, 1.807) is 30.3 Å². The van der Waals surface area contributed by atoms with E-state index in [0.717, 1.165) is 0 Å². The van der Waals surface area contributed by atoms with Gasteiger partial charge in [0.15, 0.2) is 11.6 Å². The topological polar surface area (TPSA) is 59.3 Å². The zero-order chi connectivity index (χ0) is 21.2. The number of nitriles is 1. The molecular weight excluding hydrogens is 416 g/mol. The van der Waals surface area contributed by atoms with Crippen molar-refractivity contribution in [3.63, 3.8) is 0 Å². The van der Waals surface area contributed by atoms with Gasteiger partial charge in [-0.3, -0.25) is 4.79 Å². The first kappa shape index (κ1) is 21.2. The smallest absolute Gasteiger partial charge is 0.311 e. The molecule has 0 saturated heterocycles. The monoisotopic (exact) mass is 433 g/mol. The molecular formula is C22H18Cl2FNO3. The average Bonchev–Trinajstić information content (AvgIpc) is 3.21. The minimum atomic E-state index is -1.20. The molecule has 4 nitrogen and oxygen atoms in total. The highest BCUT2D eigenvalue weighted by Crippen LogP contribution is 2.60. The van der Waals surface area contributed by atoms with Crippen molar-refractivity contribution >= 4 is 29.2 Å². The molecule has 3 rings (SSSR count). The van der Waals surface area contributed by atoms with Gasteiger partial charge < -0.3 is 9.47 Å². The second-order valence-electron chi connectivity index (χ2n) is 7.33. The summed E-state index contributed by atoms with van der Waals surface area (Å²) in [6, 6.07) is 14.5. The van der Waals surface area contributed by atoms with Crippen molar-refractivity contribution in [2.24, 2.45) is 17.3 Å². The third kappa shape index (κ3) is 4.72. The van der Waals surface area contributed by atoms with Gasteiger partial charge in [-0.25, -0.2) is 4.39 Å². The molecule has 0 bridgehead atoms. The van der Waals surface area contributed by atoms with E-state index in [2.05, 4.69) is 0 Å². The van der Waals surface area contributed by atoms with Gasteiger partial charge in [0.2, 0.25) is 6.10 Å². The van der Waals surface area contributed by atoms with Gasteiger partial charge in [-0.1, -0.05) is 61.3 Å². The molecule has 1 unspecified atom stereocenters. The number of carbonyl (C=O) groups excluding carboxylic acids is 1. The highest BCUT2D eigenvalue weighted by Gasteiger charge is 2.62. The Balaban J connectivity index is 1.77. The first-order valence-electron chi connectivity index (χ1n) is 8.89. The first-order valence-corrected chi connectivity index (χ1v) is 9.65. The van der Waals surface area contributed by atoms with Crippen LogP contribution in [-0.2, 0) is 9.53 Å². The largest absolute Gasteiger partial charge is 0.454 e. The summed E-state index contributed by atoms with van der Waals surface area (Å²) in [4.78, 5) is 12.6. The van der Waals surface area contributed by atoms with Crippen LogP contribution in [0.15, 0.2) is 59.1 Å². The number of benzene rings is 2. The lowest BCUT2D eigenvalue weighted by molar-refractivity contribution is -0.149. The maximum absolute atomic E-state index is 14.2. The summed E-state index contributed by atoms with van der Waals surface area (Å²) >= 11 is 11.4. The van der Waals surface area contributed by atoms with E-state index in [1.807, 2.05) is 26.0 Å². The maximum Gasteiger partial charge on any atom is 0.311 e. The summed E-state index contributed by atoms with van der Waals surface area (Å²) in [7, 11) is 0. The van der Waals surface area contributed by atoms with Gasteiger partial charge >= 0.3 is 5.97 Å². The van der Waals surface area contributed by atoms with E-state index in [1.165, 1.54) is 18.2 Å². The third-order valence-electron chi connectivity index (χ3n) is 5.05. The number of allylic oxidation sites excluding steroid dienone is 1. The van der Waals surface area contributed by atoms with Crippen molar-refractivity contribution < 1.29 is 18.7 Å². The van der Waals surface area contributed by atoms with E-state index < -0.39 is 23.8 Å². The molecule has 0 spiro atoms. The fraction of sp³-hybridized carbons (Fsp3) is 0.273. The molecule has 0 amide bonds. The Kier molecular flexibility index (Phi) is 6.16. The normalized spacial score (nSPS) is 20.1. The lowest BCUT2D eigenvalue weighted by atomic mass is 10.1. The van der Waals surface area contributed by atoms with Crippen LogP contribution in [0.25, 0.3) is 0 Å². The number of rotatable bonds is 6. The minimum Gasteiger partial charge on any atom is -0.454 e. The van der Waals surface area contributed by atoms with Gasteiger partial charge in [0, 0.05) is 5.56 Å². The number of halogens is 3. The van der Waals surface area contributed by atoms with Crippen LogP contribution in [0.2, 0.25) is 0 Å². The van der Waals surface area contributed by atoms with Gasteiger partial charge in [-0.2, -0.15) is 5.26 Å². The van der Waals surface area contributed by atoms with Gasteiger partial charge in [-0.15, -0.1) is 0 Å². The Hall–Kier alpha value is -2.55. The fourth-order valence-electron chi connectivity index (χ4n) is 3.31. The molecule has 2 aromatic rings. The molecule has 1 fully saturated rings. The van der Waals surface area contributed by atoms with Crippen LogP contribution in [0.5, 0.6) is 11.5 Å². The molecule has 29 heavy (non-hydrogen) atoms. The van der Waals surface area contributed by atoms with Crippen molar-refractivity contribution in [3.05, 3.63) is 70.5 Å². The summed E-state index contributed by atoms with van der Waals surface area (Å²) < 4.78 is 25.2. The maximum atomic E-state index is 14.2. The lowest BCUT2D eigenvalue weighted by Gasteiger charge is -2.14. The molecule has 7 heteroatoms. The average molecular weight is 434 g/mol. The van der Waals surface area contributed by atoms with Crippen LogP contribution in [0, 0.1) is 34.4 Å². The summed E-state index contributed by atoms with van der Waals surface area (Å²) in [5.41, 5.74) is -0.0645. The summed E-state index contributed by atoms with van der Waals surface area (Å²) in [6.07, 6.45) is 0.397. The summed E-state index contributed by atoms with van der Waals surface area (Å²) in [5.74, 6) is -1.39. The van der Waals surface area contributed by atoms with E-state index in [9.17, 15) is 14.4 Å². The summed E-state index contributed by atoms with van der Waals surface area (Å²) in [6.45, 7) is 3.78. The SMILES string of the molecule is CC1(C)C(C=C(Cl)Cl)[C@@H]1C(=O)O[C@@H](C#N)c1ccc(F)c(Oc2ccccc2)c1. The Morgan fingerprint density at radius 3 is 2.55 bits per heavy atom. The number of hydrogen-bond acceptors (Lipinski definition) is 4. The molecule has 150 valence electrons. The Morgan fingerprint density at radius 2 is 1.93 bits per heavy atom. The van der Waals surface area contributed by atoms with Crippen LogP contribution in [0.3, 0.4) is 0 Å².